The maximum absolute atomic E-state index is 12.8. The predicted molar refractivity (Wildman–Crippen MR) is 143 cm³/mol. The molecule has 2 N–H and O–H groups in total. The van der Waals surface area contributed by atoms with Crippen molar-refractivity contribution in [1.82, 2.24) is 4.98 Å². The van der Waals surface area contributed by atoms with Crippen molar-refractivity contribution in [1.29, 1.82) is 0 Å². The lowest BCUT2D eigenvalue weighted by molar-refractivity contribution is 0.599. The van der Waals surface area contributed by atoms with E-state index in [0.29, 0.717) is 39.5 Å². The van der Waals surface area contributed by atoms with Gasteiger partial charge in [-0.15, -0.1) is 0 Å². The van der Waals surface area contributed by atoms with Gasteiger partial charge in [0.05, 0.1) is 15.5 Å². The molecule has 0 aliphatic carbocycles. The molecule has 4 aromatic carbocycles. The van der Waals surface area contributed by atoms with Crippen LogP contribution in [0.4, 0.5) is 11.4 Å². The van der Waals surface area contributed by atoms with Crippen LogP contribution in [0.1, 0.15) is 11.1 Å². The number of rotatable bonds is 7. The van der Waals surface area contributed by atoms with Crippen LogP contribution in [0, 0.1) is 13.8 Å². The quantitative estimate of drug-likeness (QED) is 0.277. The maximum Gasteiger partial charge on any atom is 0.262 e. The standard InChI is InChI=1S/C27H23N3O5S2/c1-18-6-5-8-23(16-18)36(31,32)29-21-12-10-20(11-13-21)27-28-24-17-22(14-15-25(24)35-27)30-37(33,34)26-9-4-3-7-19(26)2/h3-17,29-30H,1-2H3. The van der Waals surface area contributed by atoms with Gasteiger partial charge in [0.15, 0.2) is 5.58 Å². The first-order valence-corrected chi connectivity index (χ1v) is 14.3. The van der Waals surface area contributed by atoms with Gasteiger partial charge in [-0.1, -0.05) is 30.3 Å². The van der Waals surface area contributed by atoms with Crippen molar-refractivity contribution < 1.29 is 21.3 Å². The van der Waals surface area contributed by atoms with Gasteiger partial charge in [-0.25, -0.2) is 21.8 Å². The number of hydrogen-bond donors (Lipinski definition) is 2. The minimum Gasteiger partial charge on any atom is -0.436 e. The van der Waals surface area contributed by atoms with Gasteiger partial charge in [0, 0.05) is 11.3 Å². The molecule has 0 bridgehead atoms. The lowest BCUT2D eigenvalue weighted by atomic mass is 10.2. The third-order valence-electron chi connectivity index (χ3n) is 5.71. The van der Waals surface area contributed by atoms with E-state index in [1.54, 1.807) is 85.8 Å². The van der Waals surface area contributed by atoms with Crippen molar-refractivity contribution in [2.45, 2.75) is 23.6 Å². The van der Waals surface area contributed by atoms with E-state index in [-0.39, 0.29) is 9.79 Å². The summed E-state index contributed by atoms with van der Waals surface area (Å²) in [5.41, 5.74) is 3.84. The van der Waals surface area contributed by atoms with Crippen molar-refractivity contribution in [3.63, 3.8) is 0 Å². The number of aryl methyl sites for hydroxylation is 2. The number of benzene rings is 4. The van der Waals surface area contributed by atoms with Gasteiger partial charge < -0.3 is 4.42 Å². The average molecular weight is 534 g/mol. The highest BCUT2D eigenvalue weighted by Gasteiger charge is 2.18. The predicted octanol–water partition coefficient (Wildman–Crippen LogP) is 5.71. The highest BCUT2D eigenvalue weighted by Crippen LogP contribution is 2.29. The van der Waals surface area contributed by atoms with Gasteiger partial charge in [0.2, 0.25) is 5.89 Å². The second-order valence-electron chi connectivity index (χ2n) is 8.57. The molecular formula is C27H23N3O5S2. The van der Waals surface area contributed by atoms with Gasteiger partial charge in [-0.05, 0) is 85.6 Å². The maximum atomic E-state index is 12.8. The summed E-state index contributed by atoms with van der Waals surface area (Å²) in [6.45, 7) is 3.57. The van der Waals surface area contributed by atoms with Crippen LogP contribution >= 0.6 is 0 Å². The van der Waals surface area contributed by atoms with Crippen LogP contribution in [0.15, 0.2) is 105 Å². The smallest absolute Gasteiger partial charge is 0.262 e. The largest absolute Gasteiger partial charge is 0.436 e. The van der Waals surface area contributed by atoms with Crippen LogP contribution in [-0.2, 0) is 20.0 Å². The van der Waals surface area contributed by atoms with Crippen LogP contribution in [0.2, 0.25) is 0 Å². The summed E-state index contributed by atoms with van der Waals surface area (Å²) in [4.78, 5) is 4.87. The van der Waals surface area contributed by atoms with Gasteiger partial charge in [0.25, 0.3) is 20.0 Å². The molecule has 37 heavy (non-hydrogen) atoms. The Morgan fingerprint density at radius 3 is 2.14 bits per heavy atom. The van der Waals surface area contributed by atoms with E-state index in [1.807, 2.05) is 13.0 Å². The average Bonchev–Trinajstić information content (AvgIpc) is 3.28. The molecule has 0 unspecified atom stereocenters. The number of fused-ring (bicyclic) bond motifs is 1. The lowest BCUT2D eigenvalue weighted by Gasteiger charge is -2.09. The summed E-state index contributed by atoms with van der Waals surface area (Å²) in [7, 11) is -7.49. The van der Waals surface area contributed by atoms with Crippen LogP contribution in [0.5, 0.6) is 0 Å². The summed E-state index contributed by atoms with van der Waals surface area (Å²) in [6.07, 6.45) is 0. The number of hydrogen-bond acceptors (Lipinski definition) is 6. The Kier molecular flexibility index (Phi) is 6.22. The monoisotopic (exact) mass is 533 g/mol. The number of nitrogens with zero attached hydrogens (tertiary/aromatic N) is 1. The summed E-state index contributed by atoms with van der Waals surface area (Å²) in [5, 5.41) is 0. The Morgan fingerprint density at radius 2 is 1.41 bits per heavy atom. The molecule has 0 spiro atoms. The van der Waals surface area contributed by atoms with E-state index in [2.05, 4.69) is 14.4 Å². The Hall–Kier alpha value is -4.15. The van der Waals surface area contributed by atoms with Gasteiger partial charge in [-0.3, -0.25) is 9.44 Å². The molecule has 5 aromatic rings. The summed E-state index contributed by atoms with van der Waals surface area (Å²) in [5.74, 6) is 0.321. The Labute approximate surface area is 215 Å². The summed E-state index contributed by atoms with van der Waals surface area (Å²) in [6, 6.07) is 24.9. The van der Waals surface area contributed by atoms with Crippen molar-refractivity contribution in [3.05, 3.63) is 102 Å². The van der Waals surface area contributed by atoms with Crippen LogP contribution in [0.25, 0.3) is 22.6 Å². The highest BCUT2D eigenvalue weighted by molar-refractivity contribution is 7.93. The molecule has 0 fully saturated rings. The second-order valence-corrected chi connectivity index (χ2v) is 11.9. The fourth-order valence-electron chi connectivity index (χ4n) is 3.86. The first kappa shape index (κ1) is 24.5. The number of nitrogens with one attached hydrogen (secondary N) is 2. The molecule has 0 saturated carbocycles. The molecule has 0 aliphatic rings. The molecule has 188 valence electrons. The number of oxazole rings is 1. The van der Waals surface area contributed by atoms with Crippen molar-refractivity contribution in [3.8, 4) is 11.5 Å². The Balaban J connectivity index is 1.36. The fourth-order valence-corrected chi connectivity index (χ4v) is 6.32. The van der Waals surface area contributed by atoms with Crippen LogP contribution < -0.4 is 9.44 Å². The van der Waals surface area contributed by atoms with E-state index in [9.17, 15) is 16.8 Å². The van der Waals surface area contributed by atoms with Crippen molar-refractivity contribution >= 4 is 42.5 Å². The molecule has 1 heterocycles. The van der Waals surface area contributed by atoms with E-state index < -0.39 is 20.0 Å². The number of anilines is 2. The number of aromatic nitrogens is 1. The molecule has 10 heteroatoms. The zero-order valence-corrected chi connectivity index (χ0v) is 21.6. The Morgan fingerprint density at radius 1 is 0.703 bits per heavy atom. The van der Waals surface area contributed by atoms with Crippen LogP contribution in [-0.4, -0.2) is 21.8 Å². The zero-order chi connectivity index (χ0) is 26.2. The van der Waals surface area contributed by atoms with E-state index >= 15 is 0 Å². The SMILES string of the molecule is Cc1cccc(S(=O)(=O)Nc2ccc(-c3nc4cc(NS(=O)(=O)c5ccccc5C)ccc4o3)cc2)c1. The molecule has 0 amide bonds. The lowest BCUT2D eigenvalue weighted by Crippen LogP contribution is -2.14. The van der Waals surface area contributed by atoms with Gasteiger partial charge >= 0.3 is 0 Å². The second kappa shape index (κ2) is 9.38. The molecule has 8 nitrogen and oxygen atoms in total. The minimum atomic E-state index is -3.76. The third kappa shape index (κ3) is 5.20. The molecule has 1 aromatic heterocycles. The van der Waals surface area contributed by atoms with Crippen molar-refractivity contribution in [2.75, 3.05) is 9.44 Å². The summed E-state index contributed by atoms with van der Waals surface area (Å²) >= 11 is 0. The third-order valence-corrected chi connectivity index (χ3v) is 8.63. The summed E-state index contributed by atoms with van der Waals surface area (Å²) < 4.78 is 62.0. The highest BCUT2D eigenvalue weighted by atomic mass is 32.2. The first-order chi connectivity index (χ1) is 17.6. The van der Waals surface area contributed by atoms with Gasteiger partial charge in [0.1, 0.15) is 5.52 Å². The molecule has 0 saturated heterocycles. The number of sulfonamides is 2. The fraction of sp³-hybridized carbons (Fsp3) is 0.0741. The topological polar surface area (TPSA) is 118 Å². The first-order valence-electron chi connectivity index (χ1n) is 11.3. The van der Waals surface area contributed by atoms with E-state index in [1.165, 1.54) is 6.07 Å². The molecule has 0 radical (unpaired) electrons. The van der Waals surface area contributed by atoms with E-state index in [4.69, 9.17) is 4.42 Å². The molecular weight excluding hydrogens is 510 g/mol. The Bertz CT molecular complexity index is 1830. The normalized spacial score (nSPS) is 11.9. The molecule has 0 atom stereocenters. The minimum absolute atomic E-state index is 0.185. The van der Waals surface area contributed by atoms with Crippen molar-refractivity contribution in [2.24, 2.45) is 0 Å². The van der Waals surface area contributed by atoms with Crippen LogP contribution in [0.3, 0.4) is 0 Å². The zero-order valence-electron chi connectivity index (χ0n) is 20.0. The molecule has 5 rings (SSSR count). The van der Waals surface area contributed by atoms with Gasteiger partial charge in [-0.2, -0.15) is 0 Å². The molecule has 0 aliphatic heterocycles. The van der Waals surface area contributed by atoms with E-state index in [0.717, 1.165) is 5.56 Å².